The molecule has 1 saturated heterocycles. The normalized spacial score (nSPS) is 14.3. The molecule has 1 aliphatic rings. The maximum absolute atomic E-state index is 12.3. The van der Waals surface area contributed by atoms with Crippen LogP contribution in [0.3, 0.4) is 0 Å². The van der Waals surface area contributed by atoms with Crippen molar-refractivity contribution < 1.29 is 4.79 Å². The van der Waals surface area contributed by atoms with Crippen LogP contribution in [0.15, 0.2) is 66.9 Å². The number of nitrogens with one attached hydrogen (secondary N) is 2. The fourth-order valence-corrected chi connectivity index (χ4v) is 5.71. The number of hydrogen-bond donors (Lipinski definition) is 3. The molecule has 0 unspecified atom stereocenters. The molecular formula is C34H39N9O. The number of fused-ring (bicyclic) bond motifs is 2. The minimum absolute atomic E-state index is 0.185. The van der Waals surface area contributed by atoms with Crippen molar-refractivity contribution in [3.8, 4) is 11.3 Å². The summed E-state index contributed by atoms with van der Waals surface area (Å²) < 4.78 is 1.81. The zero-order chi connectivity index (χ0) is 30.8. The molecule has 10 nitrogen and oxygen atoms in total. The summed E-state index contributed by atoms with van der Waals surface area (Å²) in [7, 11) is 0. The van der Waals surface area contributed by atoms with E-state index in [-0.39, 0.29) is 17.9 Å². The number of nitrogens with zero attached hydrogens (tertiary/aromatic N) is 6. The number of carbonyl (C=O) groups is 1. The highest BCUT2D eigenvalue weighted by Gasteiger charge is 2.22. The van der Waals surface area contributed by atoms with Crippen LogP contribution in [-0.4, -0.2) is 49.6 Å². The SMILES string of the molecule is C/C=C/C(=O)Nc1cccc2ccc(-c3cccc(C)c3CNc3nc(N4CCC(N)CC4)nc4c(C(C)C)cnn34)nc12. The fraction of sp³-hybridized carbons (Fsp3) is 0.324. The van der Waals surface area contributed by atoms with Crippen LogP contribution < -0.4 is 21.3 Å². The molecule has 0 bridgehead atoms. The number of aryl methyl sites for hydroxylation is 1. The van der Waals surface area contributed by atoms with Crippen LogP contribution in [0.4, 0.5) is 17.6 Å². The first-order chi connectivity index (χ1) is 21.3. The third-order valence-corrected chi connectivity index (χ3v) is 8.23. The maximum atomic E-state index is 12.3. The first-order valence-electron chi connectivity index (χ1n) is 15.2. The number of para-hydroxylation sites is 1. The van der Waals surface area contributed by atoms with Crippen molar-refractivity contribution in [2.75, 3.05) is 28.6 Å². The second-order valence-electron chi connectivity index (χ2n) is 11.7. The van der Waals surface area contributed by atoms with Crippen molar-refractivity contribution in [3.63, 3.8) is 0 Å². The average Bonchev–Trinajstić information content (AvgIpc) is 3.45. The maximum Gasteiger partial charge on any atom is 0.248 e. The molecule has 4 N–H and O–H groups in total. The van der Waals surface area contributed by atoms with E-state index >= 15 is 0 Å². The number of nitrogens with two attached hydrogens (primary N) is 1. The van der Waals surface area contributed by atoms with Crippen LogP contribution in [0.25, 0.3) is 27.8 Å². The highest BCUT2D eigenvalue weighted by Crippen LogP contribution is 2.31. The van der Waals surface area contributed by atoms with Gasteiger partial charge < -0.3 is 21.3 Å². The molecule has 0 radical (unpaired) electrons. The van der Waals surface area contributed by atoms with Crippen LogP contribution in [0.2, 0.25) is 0 Å². The Balaban J connectivity index is 1.36. The minimum atomic E-state index is -0.185. The standard InChI is InChI=1S/C34H39N9O/c1-5-8-30(44)38-29-12-7-10-23-13-14-28(39-31(23)29)25-11-6-9-22(4)27(25)19-36-33-41-34(42-17-15-24(35)16-18-42)40-32-26(21(2)3)20-37-43(32)33/h5-14,20-21,24H,15-19,35H2,1-4H3,(H,38,44)(H,36,40,41)/b8-5+. The number of benzene rings is 2. The summed E-state index contributed by atoms with van der Waals surface area (Å²) in [5.41, 5.74) is 13.6. The Morgan fingerprint density at radius 3 is 2.64 bits per heavy atom. The van der Waals surface area contributed by atoms with E-state index in [1.165, 1.54) is 6.08 Å². The molecular weight excluding hydrogens is 550 g/mol. The second kappa shape index (κ2) is 12.4. The van der Waals surface area contributed by atoms with Crippen molar-refractivity contribution in [2.45, 2.75) is 59.0 Å². The van der Waals surface area contributed by atoms with Gasteiger partial charge >= 0.3 is 0 Å². The summed E-state index contributed by atoms with van der Waals surface area (Å²) >= 11 is 0. The van der Waals surface area contributed by atoms with Gasteiger partial charge in [0.15, 0.2) is 5.65 Å². The number of anilines is 3. The molecule has 4 heterocycles. The Bertz CT molecular complexity index is 1850. The predicted molar refractivity (Wildman–Crippen MR) is 177 cm³/mol. The predicted octanol–water partition coefficient (Wildman–Crippen LogP) is 5.83. The third kappa shape index (κ3) is 5.85. The third-order valence-electron chi connectivity index (χ3n) is 8.23. The van der Waals surface area contributed by atoms with Gasteiger partial charge in [-0.25, -0.2) is 4.98 Å². The van der Waals surface area contributed by atoms with Gasteiger partial charge in [-0.3, -0.25) is 4.79 Å². The first kappa shape index (κ1) is 29.3. The summed E-state index contributed by atoms with van der Waals surface area (Å²) in [4.78, 5) is 29.5. The lowest BCUT2D eigenvalue weighted by Crippen LogP contribution is -2.40. The molecule has 1 aliphatic heterocycles. The Morgan fingerprint density at radius 1 is 1.07 bits per heavy atom. The molecule has 1 amide bonds. The summed E-state index contributed by atoms with van der Waals surface area (Å²) in [5.74, 6) is 1.42. The molecule has 226 valence electrons. The van der Waals surface area contributed by atoms with Gasteiger partial charge in [0.05, 0.1) is 23.1 Å². The number of hydrogen-bond acceptors (Lipinski definition) is 8. The highest BCUT2D eigenvalue weighted by molar-refractivity contribution is 6.05. The topological polar surface area (TPSA) is 126 Å². The van der Waals surface area contributed by atoms with Crippen LogP contribution >= 0.6 is 0 Å². The van der Waals surface area contributed by atoms with Crippen LogP contribution in [0, 0.1) is 6.92 Å². The van der Waals surface area contributed by atoms with Crippen molar-refractivity contribution in [3.05, 3.63) is 83.6 Å². The van der Waals surface area contributed by atoms with Crippen LogP contribution in [-0.2, 0) is 11.3 Å². The van der Waals surface area contributed by atoms with Crippen molar-refractivity contribution in [1.82, 2.24) is 24.6 Å². The minimum Gasteiger partial charge on any atom is -0.350 e. The molecule has 3 aromatic heterocycles. The number of piperidine rings is 1. The van der Waals surface area contributed by atoms with Gasteiger partial charge in [0.1, 0.15) is 0 Å². The van der Waals surface area contributed by atoms with Crippen molar-refractivity contribution in [2.24, 2.45) is 5.73 Å². The van der Waals surface area contributed by atoms with Gasteiger partial charge in [0, 0.05) is 42.2 Å². The zero-order valence-electron chi connectivity index (χ0n) is 25.7. The summed E-state index contributed by atoms with van der Waals surface area (Å²) in [6, 6.07) is 16.3. The Labute approximate surface area is 257 Å². The summed E-state index contributed by atoms with van der Waals surface area (Å²) in [6.07, 6.45) is 6.95. The van der Waals surface area contributed by atoms with Crippen LogP contribution in [0.5, 0.6) is 0 Å². The number of aromatic nitrogens is 5. The second-order valence-corrected chi connectivity index (χ2v) is 11.7. The van der Waals surface area contributed by atoms with E-state index in [9.17, 15) is 4.79 Å². The lowest BCUT2D eigenvalue weighted by atomic mass is 9.98. The quantitative estimate of drug-likeness (QED) is 0.193. The molecule has 6 rings (SSSR count). The van der Waals surface area contributed by atoms with Crippen LogP contribution in [0.1, 0.15) is 56.2 Å². The monoisotopic (exact) mass is 589 g/mol. The Hall–Kier alpha value is -4.83. The van der Waals surface area contributed by atoms with Crippen molar-refractivity contribution >= 4 is 40.0 Å². The number of carbonyl (C=O) groups excluding carboxylic acids is 1. The van der Waals surface area contributed by atoms with Gasteiger partial charge in [0.2, 0.25) is 17.8 Å². The number of pyridine rings is 1. The number of allylic oxidation sites excluding steroid dienone is 1. The number of amides is 1. The molecule has 10 heteroatoms. The lowest BCUT2D eigenvalue weighted by molar-refractivity contribution is -0.111. The Morgan fingerprint density at radius 2 is 1.86 bits per heavy atom. The first-order valence-corrected chi connectivity index (χ1v) is 15.2. The molecule has 1 fully saturated rings. The van der Waals surface area contributed by atoms with Gasteiger partial charge in [0.25, 0.3) is 0 Å². The van der Waals surface area contributed by atoms with E-state index in [4.69, 9.17) is 20.7 Å². The molecule has 0 spiro atoms. The molecule has 44 heavy (non-hydrogen) atoms. The van der Waals surface area contributed by atoms with E-state index in [1.54, 1.807) is 10.6 Å². The molecule has 0 saturated carbocycles. The lowest BCUT2D eigenvalue weighted by Gasteiger charge is -2.30. The largest absolute Gasteiger partial charge is 0.350 e. The van der Waals surface area contributed by atoms with E-state index in [0.29, 0.717) is 24.1 Å². The molecule has 0 aliphatic carbocycles. The zero-order valence-corrected chi connectivity index (χ0v) is 25.7. The summed E-state index contributed by atoms with van der Waals surface area (Å²) in [6.45, 7) is 10.4. The van der Waals surface area contributed by atoms with Gasteiger partial charge in [-0.1, -0.05) is 56.3 Å². The van der Waals surface area contributed by atoms with E-state index in [2.05, 4.69) is 53.5 Å². The molecule has 2 aromatic carbocycles. The Kier molecular flexibility index (Phi) is 8.25. The smallest absolute Gasteiger partial charge is 0.248 e. The van der Waals surface area contributed by atoms with E-state index in [1.807, 2.05) is 49.5 Å². The van der Waals surface area contributed by atoms with E-state index < -0.39 is 0 Å². The highest BCUT2D eigenvalue weighted by atomic mass is 16.1. The van der Waals surface area contributed by atoms with E-state index in [0.717, 1.165) is 70.4 Å². The fourth-order valence-electron chi connectivity index (χ4n) is 5.71. The molecule has 0 atom stereocenters. The van der Waals surface area contributed by atoms with Gasteiger partial charge in [-0.2, -0.15) is 19.6 Å². The molecule has 5 aromatic rings. The average molecular weight is 590 g/mol. The summed E-state index contributed by atoms with van der Waals surface area (Å²) in [5, 5.41) is 12.2. The van der Waals surface area contributed by atoms with Crippen molar-refractivity contribution in [1.29, 1.82) is 0 Å². The van der Waals surface area contributed by atoms with Gasteiger partial charge in [-0.05, 0) is 61.9 Å². The van der Waals surface area contributed by atoms with Gasteiger partial charge in [-0.15, -0.1) is 0 Å². The number of rotatable bonds is 8.